The van der Waals surface area contributed by atoms with Crippen molar-refractivity contribution >= 4 is 15.9 Å². The van der Waals surface area contributed by atoms with Crippen LogP contribution in [0.4, 0.5) is 4.39 Å². The van der Waals surface area contributed by atoms with E-state index in [1.165, 1.54) is 29.5 Å². The molecular formula is C20H25FN3O3S+. The van der Waals surface area contributed by atoms with Crippen molar-refractivity contribution in [1.29, 1.82) is 0 Å². The molecule has 1 saturated heterocycles. The lowest BCUT2D eigenvalue weighted by Crippen LogP contribution is -3.13. The number of sulfonamides is 1. The monoisotopic (exact) mass is 406 g/mol. The maximum absolute atomic E-state index is 13.0. The van der Waals surface area contributed by atoms with Gasteiger partial charge in [-0.2, -0.15) is 4.72 Å². The second kappa shape index (κ2) is 8.81. The lowest BCUT2D eigenvalue weighted by atomic mass is 10.2. The summed E-state index contributed by atoms with van der Waals surface area (Å²) in [7, 11) is -3.88. The molecule has 8 heteroatoms. The predicted molar refractivity (Wildman–Crippen MR) is 104 cm³/mol. The fourth-order valence-electron chi connectivity index (χ4n) is 3.34. The second-order valence-electron chi connectivity index (χ2n) is 7.03. The van der Waals surface area contributed by atoms with Crippen LogP contribution in [0.1, 0.15) is 12.5 Å². The van der Waals surface area contributed by atoms with E-state index in [1.54, 1.807) is 4.90 Å². The zero-order chi connectivity index (χ0) is 20.1. The van der Waals surface area contributed by atoms with Gasteiger partial charge < -0.3 is 9.80 Å². The molecule has 1 atom stereocenters. The smallest absolute Gasteiger partial charge is 0.241 e. The quantitative estimate of drug-likeness (QED) is 0.731. The van der Waals surface area contributed by atoms with Crippen molar-refractivity contribution in [2.75, 3.05) is 26.2 Å². The molecule has 0 bridgehead atoms. The highest BCUT2D eigenvalue weighted by Crippen LogP contribution is 2.11. The molecular weight excluding hydrogens is 381 g/mol. The van der Waals surface area contributed by atoms with Gasteiger partial charge in [-0.1, -0.05) is 30.3 Å². The maximum atomic E-state index is 13.0. The summed E-state index contributed by atoms with van der Waals surface area (Å²) in [6.45, 7) is 5.26. The van der Waals surface area contributed by atoms with E-state index in [4.69, 9.17) is 0 Å². The molecule has 1 aliphatic rings. The summed E-state index contributed by atoms with van der Waals surface area (Å²) >= 11 is 0. The number of benzene rings is 2. The van der Waals surface area contributed by atoms with Crippen molar-refractivity contribution in [2.45, 2.75) is 24.4 Å². The van der Waals surface area contributed by atoms with Gasteiger partial charge in [-0.15, -0.1) is 0 Å². The number of carbonyl (C=O) groups excluding carboxylic acids is 1. The lowest BCUT2D eigenvalue weighted by Gasteiger charge is -2.33. The zero-order valence-electron chi connectivity index (χ0n) is 15.8. The Balaban J connectivity index is 1.53. The van der Waals surface area contributed by atoms with Gasteiger partial charge in [0.05, 0.1) is 37.1 Å². The Labute approximate surface area is 165 Å². The van der Waals surface area contributed by atoms with E-state index in [2.05, 4.69) is 16.9 Å². The van der Waals surface area contributed by atoms with E-state index < -0.39 is 21.9 Å². The van der Waals surface area contributed by atoms with Gasteiger partial charge in [0.15, 0.2) is 0 Å². The van der Waals surface area contributed by atoms with Crippen LogP contribution >= 0.6 is 0 Å². The number of halogens is 1. The third-order valence-electron chi connectivity index (χ3n) is 4.91. The van der Waals surface area contributed by atoms with Gasteiger partial charge >= 0.3 is 0 Å². The Hall–Kier alpha value is -2.29. The van der Waals surface area contributed by atoms with Gasteiger partial charge in [0.1, 0.15) is 12.4 Å². The molecule has 2 aromatic rings. The molecule has 150 valence electrons. The summed E-state index contributed by atoms with van der Waals surface area (Å²) < 4.78 is 40.2. The molecule has 6 nitrogen and oxygen atoms in total. The van der Waals surface area contributed by atoms with E-state index >= 15 is 0 Å². The number of quaternary nitrogens is 1. The summed E-state index contributed by atoms with van der Waals surface area (Å²) in [4.78, 5) is 15.7. The number of piperazine rings is 1. The average Bonchev–Trinajstić information content (AvgIpc) is 2.69. The summed E-state index contributed by atoms with van der Waals surface area (Å²) in [6, 6.07) is 13.8. The predicted octanol–water partition coefficient (Wildman–Crippen LogP) is 0.420. The van der Waals surface area contributed by atoms with Crippen LogP contribution in [0.15, 0.2) is 59.5 Å². The fraction of sp³-hybridized carbons (Fsp3) is 0.350. The number of hydrogen-bond donors (Lipinski definition) is 2. The standard InChI is InChI=1S/C20H24FN3O3S/c1-16(22-28(26,27)19-9-7-18(21)8-10-19)20(25)24-13-11-23(12-14-24)15-17-5-3-2-4-6-17/h2-10,16,22H,11-15H2,1H3/p+1/t16-/m0/s1. The summed E-state index contributed by atoms with van der Waals surface area (Å²) in [6.07, 6.45) is 0. The molecule has 1 fully saturated rings. The SMILES string of the molecule is C[C@H](NS(=O)(=O)c1ccc(F)cc1)C(=O)N1CC[NH+](Cc2ccccc2)CC1. The summed E-state index contributed by atoms with van der Waals surface area (Å²) in [5, 5.41) is 0. The van der Waals surface area contributed by atoms with Crippen molar-refractivity contribution in [3.05, 3.63) is 66.0 Å². The molecule has 1 amide bonds. The number of nitrogens with one attached hydrogen (secondary N) is 2. The van der Waals surface area contributed by atoms with Crippen molar-refractivity contribution in [3.8, 4) is 0 Å². The largest absolute Gasteiger partial charge is 0.330 e. The minimum Gasteiger partial charge on any atom is -0.330 e. The van der Waals surface area contributed by atoms with Crippen LogP contribution in [0.5, 0.6) is 0 Å². The number of carbonyl (C=O) groups is 1. The van der Waals surface area contributed by atoms with Crippen LogP contribution in [0.2, 0.25) is 0 Å². The third kappa shape index (κ3) is 5.15. The zero-order valence-corrected chi connectivity index (χ0v) is 16.6. The van der Waals surface area contributed by atoms with Gasteiger partial charge in [-0.05, 0) is 31.2 Å². The minimum absolute atomic E-state index is 0.0642. The van der Waals surface area contributed by atoms with Gasteiger partial charge in [0, 0.05) is 5.56 Å². The minimum atomic E-state index is -3.88. The van der Waals surface area contributed by atoms with E-state index in [1.807, 2.05) is 18.2 Å². The molecule has 2 N–H and O–H groups in total. The summed E-state index contributed by atoms with van der Waals surface area (Å²) in [5.74, 6) is -0.761. The van der Waals surface area contributed by atoms with Crippen LogP contribution in [0.3, 0.4) is 0 Å². The van der Waals surface area contributed by atoms with Gasteiger partial charge in [0.25, 0.3) is 0 Å². The molecule has 2 aromatic carbocycles. The maximum Gasteiger partial charge on any atom is 0.241 e. The highest BCUT2D eigenvalue weighted by atomic mass is 32.2. The van der Waals surface area contributed by atoms with Crippen LogP contribution < -0.4 is 9.62 Å². The first kappa shape index (κ1) is 20.4. The molecule has 1 aliphatic heterocycles. The van der Waals surface area contributed by atoms with Crippen LogP contribution in [-0.4, -0.2) is 51.4 Å². The molecule has 28 heavy (non-hydrogen) atoms. The highest BCUT2D eigenvalue weighted by Gasteiger charge is 2.29. The van der Waals surface area contributed by atoms with Gasteiger partial charge in [-0.25, -0.2) is 12.8 Å². The molecule has 0 spiro atoms. The first-order valence-corrected chi connectivity index (χ1v) is 10.8. The number of hydrogen-bond acceptors (Lipinski definition) is 3. The van der Waals surface area contributed by atoms with Gasteiger partial charge in [-0.3, -0.25) is 4.79 Å². The molecule has 0 unspecified atom stereocenters. The Morgan fingerprint density at radius 2 is 1.71 bits per heavy atom. The fourth-order valence-corrected chi connectivity index (χ4v) is 4.54. The number of amides is 1. The Morgan fingerprint density at radius 3 is 2.32 bits per heavy atom. The number of rotatable bonds is 6. The average molecular weight is 407 g/mol. The molecule has 0 aromatic heterocycles. The van der Waals surface area contributed by atoms with E-state index in [0.717, 1.165) is 31.8 Å². The lowest BCUT2D eigenvalue weighted by molar-refractivity contribution is -0.917. The Bertz CT molecular complexity index is 896. The van der Waals surface area contributed by atoms with Gasteiger partial charge in [0.2, 0.25) is 15.9 Å². The molecule has 3 rings (SSSR count). The normalized spacial score (nSPS) is 16.7. The van der Waals surface area contributed by atoms with Crippen LogP contribution in [0.25, 0.3) is 0 Å². The van der Waals surface area contributed by atoms with E-state index in [9.17, 15) is 17.6 Å². The molecule has 1 heterocycles. The Morgan fingerprint density at radius 1 is 1.11 bits per heavy atom. The topological polar surface area (TPSA) is 70.9 Å². The van der Waals surface area contributed by atoms with Crippen molar-refractivity contribution < 1.29 is 22.5 Å². The Kier molecular flexibility index (Phi) is 6.43. The first-order chi connectivity index (χ1) is 13.3. The molecule has 0 radical (unpaired) electrons. The number of nitrogens with zero attached hydrogens (tertiary/aromatic N) is 1. The van der Waals surface area contributed by atoms with E-state index in [0.29, 0.717) is 13.1 Å². The highest BCUT2D eigenvalue weighted by molar-refractivity contribution is 7.89. The van der Waals surface area contributed by atoms with Crippen molar-refractivity contribution in [3.63, 3.8) is 0 Å². The molecule has 0 saturated carbocycles. The third-order valence-corrected chi connectivity index (χ3v) is 6.46. The van der Waals surface area contributed by atoms with Crippen LogP contribution in [-0.2, 0) is 21.4 Å². The molecule has 0 aliphatic carbocycles. The first-order valence-electron chi connectivity index (χ1n) is 9.29. The van der Waals surface area contributed by atoms with Crippen molar-refractivity contribution in [1.82, 2.24) is 9.62 Å². The summed E-state index contributed by atoms with van der Waals surface area (Å²) in [5.41, 5.74) is 1.26. The van der Waals surface area contributed by atoms with Crippen molar-refractivity contribution in [2.24, 2.45) is 0 Å². The second-order valence-corrected chi connectivity index (χ2v) is 8.75. The van der Waals surface area contributed by atoms with Crippen LogP contribution in [0, 0.1) is 5.82 Å². The van der Waals surface area contributed by atoms with E-state index in [-0.39, 0.29) is 10.8 Å².